The summed E-state index contributed by atoms with van der Waals surface area (Å²) >= 11 is 17.2. The number of aryl methyl sites for hydroxylation is 11. The van der Waals surface area contributed by atoms with E-state index in [1.54, 1.807) is 97.9 Å². The summed E-state index contributed by atoms with van der Waals surface area (Å²) in [6.07, 6.45) is 23.1. The molecule has 19 nitrogen and oxygen atoms in total. The number of nitrogen functional groups attached to an aromatic ring is 1. The minimum Gasteiger partial charge on any atom is -0.484 e. The molecule has 15 rings (SSSR count). The number of methoxy groups -OCH3 is 1. The zero-order chi connectivity index (χ0) is 97.0. The molecule has 0 aliphatic carbocycles. The molecule has 722 valence electrons. The van der Waals surface area contributed by atoms with Gasteiger partial charge in [0.2, 0.25) is 5.91 Å². The number of ketones is 7. The van der Waals surface area contributed by atoms with Crippen molar-refractivity contribution in [2.45, 2.75) is 224 Å². The molecule has 15 heterocycles. The number of piperidine rings is 2. The molecular weight excluding hydrogens is 1880 g/mol. The van der Waals surface area contributed by atoms with Gasteiger partial charge in [-0.05, 0) is 301 Å². The number of furan rings is 1. The fourth-order valence-corrected chi connectivity index (χ4v) is 22.0. The van der Waals surface area contributed by atoms with Gasteiger partial charge in [0.05, 0.1) is 63.3 Å². The molecule has 0 aromatic carbocycles. The normalized spacial score (nSPS) is 12.7. The Kier molecular flexibility index (Phi) is 54.8. The third-order valence-corrected chi connectivity index (χ3v) is 31.4. The molecule has 12 aromatic heterocycles. The highest BCUT2D eigenvalue weighted by atomic mass is 32.1. The fourth-order valence-electron chi connectivity index (χ4n) is 13.4. The Bertz CT molecular complexity index is 5320. The molecule has 0 bridgehead atoms. The lowest BCUT2D eigenvalue weighted by atomic mass is 10.0. The third kappa shape index (κ3) is 45.7. The number of carbonyl (C=O) groups excluding carboxylic acids is 9. The summed E-state index contributed by atoms with van der Waals surface area (Å²) in [7, 11) is 5.68. The largest absolute Gasteiger partial charge is 0.484 e. The Labute approximate surface area is 832 Å². The first kappa shape index (κ1) is 114. The second kappa shape index (κ2) is 64.1. The van der Waals surface area contributed by atoms with Crippen LogP contribution in [0.2, 0.25) is 0 Å². The number of aliphatic hydroxyl groups excluding tert-OH is 1. The minimum absolute atomic E-state index is 0.0607. The molecule has 0 unspecified atom stereocenters. The van der Waals surface area contributed by atoms with Crippen LogP contribution in [0.1, 0.15) is 273 Å². The maximum atomic E-state index is 12.4. The van der Waals surface area contributed by atoms with Crippen LogP contribution in [0, 0.1) is 69.2 Å². The molecule has 3 saturated heterocycles. The molecule has 3 aliphatic rings. The second-order valence-corrected chi connectivity index (χ2v) is 46.3. The number of nitrogens with zero attached hydrogens (tertiary/aromatic N) is 5. The van der Waals surface area contributed by atoms with E-state index in [2.05, 4.69) is 62.6 Å². The van der Waals surface area contributed by atoms with Gasteiger partial charge in [-0.15, -0.1) is 125 Å². The lowest BCUT2D eigenvalue weighted by Gasteiger charge is -2.36. The predicted molar refractivity (Wildman–Crippen MR) is 563 cm³/mol. The number of likely N-dealkylation sites (tertiary alicyclic amines) is 3. The van der Waals surface area contributed by atoms with Crippen molar-refractivity contribution in [2.24, 2.45) is 0 Å². The molecular formula is C103H136N6O13S11. The van der Waals surface area contributed by atoms with Crippen LogP contribution < -0.4 is 10.5 Å². The molecule has 2 amide bonds. The molecule has 3 N–H and O–H groups in total. The molecule has 0 radical (unpaired) electrons. The summed E-state index contributed by atoms with van der Waals surface area (Å²) in [5.74, 6) is 2.33. The van der Waals surface area contributed by atoms with Gasteiger partial charge in [0.15, 0.2) is 45.5 Å². The molecule has 30 heteroatoms. The van der Waals surface area contributed by atoms with Crippen LogP contribution in [-0.2, 0) is 22.4 Å². The number of unbranched alkanes of at least 4 members (excludes halogenated alkanes) is 3. The number of aliphatic hydroxyl groups is 1. The van der Waals surface area contributed by atoms with Gasteiger partial charge in [-0.1, -0.05) is 33.1 Å². The maximum Gasteiger partial charge on any atom is 0.263 e. The number of hydrogen-bond donors (Lipinski definition) is 2. The number of hydrogen-bond acceptors (Lipinski definition) is 28. The first-order valence-corrected chi connectivity index (χ1v) is 54.6. The number of anilines is 1. The highest BCUT2D eigenvalue weighted by Crippen LogP contribution is 2.29. The minimum atomic E-state index is -0.389. The summed E-state index contributed by atoms with van der Waals surface area (Å²) in [5, 5.41) is 13.2. The van der Waals surface area contributed by atoms with Crippen molar-refractivity contribution in [2.75, 3.05) is 92.6 Å². The van der Waals surface area contributed by atoms with Crippen LogP contribution in [0.3, 0.4) is 0 Å². The average Bonchev–Trinajstić information content (AvgIpc) is 1.80. The van der Waals surface area contributed by atoms with Gasteiger partial charge in [0.1, 0.15) is 24.0 Å². The van der Waals surface area contributed by atoms with Gasteiger partial charge in [-0.25, -0.2) is 4.98 Å². The van der Waals surface area contributed by atoms with E-state index in [9.17, 15) is 43.2 Å². The molecule has 133 heavy (non-hydrogen) atoms. The zero-order valence-electron chi connectivity index (χ0n) is 80.1. The highest BCUT2D eigenvalue weighted by Gasteiger charge is 2.29. The standard InChI is InChI=1S/C15H22N2OS.C15H21NO2S.C12H12O2S.C11H16OS.C10H9NOS2.C10H17NOS.C10H14OS.C8H10O2S.C7H8O2S.C5H7NS/c1-12-4-5-14(19-12)15(18)17-10-6-13(7-11-17)16-8-2-3-9-16;1-12-8-9-14(19-12)13(17)6-5-7-15(18)16-10-3-2-4-11-16;1-9-4-7-12(15-9)11(13)6-5-10-3-2-8-14-10;1-3-4-5-6-10(12)11-8-7-9(2)13-11;1-7-2-3-9(14-7)8(12)6-10-11-4-5-13-10;1-9-5-6-10(13-9)12-8-4-7-11(2)3;1-3-4-5-9(11)10-7-6-8(2)12-10;1-6-3-4-8(11-6)7(9)5-10-2;1-5-2-3-7(10-5)6(9)4-8;1-4-2-3-5(6)7-4/h4-5,13H,2-3,6-11H2,1H3;8-9H,2-7,10-11H2,1H3;2-4,7-8H,5-6H2,1H3;7-8H,3-6H2,1-2H3;2-5H,6H2,1H3;5-6H,4,7-8H2,1-3H3;6-7H,3-5H2,1-2H3;3-4H,5H2,1-2H3;2-3,8H,4H2,1H3;2-3H,6H2,1H3. The summed E-state index contributed by atoms with van der Waals surface area (Å²) in [6.45, 7) is 32.3. The summed E-state index contributed by atoms with van der Waals surface area (Å²) in [4.78, 5) is 136. The first-order valence-electron chi connectivity index (χ1n) is 45.6. The Balaban J connectivity index is 0.000000230. The lowest BCUT2D eigenvalue weighted by molar-refractivity contribution is -0.132. The third-order valence-electron chi connectivity index (χ3n) is 20.6. The van der Waals surface area contributed by atoms with Gasteiger partial charge in [0.25, 0.3) is 5.91 Å². The SMILES string of the molecule is CCCCC(=O)c1ccc(C)s1.CCCCCC(=O)c1ccc(C)s1.COCC(=O)c1ccc(C)s1.Cc1ccc(C(=O)CCCC(=O)N2CCCCC2)s1.Cc1ccc(C(=O)CCc2ccco2)s1.Cc1ccc(C(=O)CO)s1.Cc1ccc(C(=O)Cc2nccs2)s1.Cc1ccc(C(=O)N2CCC(N3CCCC3)CC2)s1.Cc1ccc(N)s1.Cc1ccc(OCCCN(C)C)s1. The van der Waals surface area contributed by atoms with E-state index in [0.29, 0.717) is 67.8 Å². The number of amides is 2. The van der Waals surface area contributed by atoms with Crippen molar-refractivity contribution < 1.29 is 62.1 Å². The van der Waals surface area contributed by atoms with Crippen LogP contribution in [0.25, 0.3) is 0 Å². The van der Waals surface area contributed by atoms with E-state index in [-0.39, 0.29) is 53.9 Å². The van der Waals surface area contributed by atoms with E-state index in [1.807, 2.05) is 192 Å². The van der Waals surface area contributed by atoms with E-state index >= 15 is 0 Å². The van der Waals surface area contributed by atoms with Crippen LogP contribution in [0.15, 0.2) is 156 Å². The van der Waals surface area contributed by atoms with Crippen LogP contribution in [0.5, 0.6) is 5.06 Å². The topological polar surface area (TPSA) is 257 Å². The number of thiophene rings is 10. The second-order valence-electron chi connectivity index (χ2n) is 32.5. The lowest BCUT2D eigenvalue weighted by Crippen LogP contribution is -2.45. The molecule has 3 fully saturated rings. The van der Waals surface area contributed by atoms with Gasteiger partial charge in [0, 0.05) is 145 Å². The number of nitrogens with two attached hydrogens (primary N) is 1. The quantitative estimate of drug-likeness (QED) is 0.0286. The van der Waals surface area contributed by atoms with Crippen molar-refractivity contribution in [3.05, 3.63) is 250 Å². The van der Waals surface area contributed by atoms with E-state index in [1.165, 1.54) is 125 Å². The number of ether oxygens (including phenoxy) is 2. The smallest absolute Gasteiger partial charge is 0.263 e. The molecule has 0 atom stereocenters. The van der Waals surface area contributed by atoms with Gasteiger partial charge in [-0.3, -0.25) is 43.2 Å². The Hall–Kier alpha value is -8.02. The van der Waals surface area contributed by atoms with Crippen LogP contribution in [0.4, 0.5) is 5.00 Å². The Morgan fingerprint density at radius 3 is 1.26 bits per heavy atom. The average molecular weight is 2020 g/mol. The van der Waals surface area contributed by atoms with E-state index in [0.717, 1.165) is 173 Å². The van der Waals surface area contributed by atoms with Crippen molar-refractivity contribution >= 4 is 182 Å². The Morgan fingerprint density at radius 1 is 0.444 bits per heavy atom. The molecule has 3 aliphatic heterocycles. The summed E-state index contributed by atoms with van der Waals surface area (Å²) < 4.78 is 15.5. The van der Waals surface area contributed by atoms with Crippen LogP contribution >= 0.6 is 125 Å². The molecule has 12 aromatic rings. The zero-order valence-corrected chi connectivity index (χ0v) is 89.1. The number of Topliss-reactive ketones (excluding diaryl/α,β-unsaturated/α-hetero) is 7. The summed E-state index contributed by atoms with van der Waals surface area (Å²) in [5.41, 5.74) is 5.40. The van der Waals surface area contributed by atoms with Crippen molar-refractivity contribution in [1.82, 2.24) is 24.6 Å². The monoisotopic (exact) mass is 2020 g/mol. The summed E-state index contributed by atoms with van der Waals surface area (Å²) in [6, 6.07) is 43.4. The van der Waals surface area contributed by atoms with Crippen molar-refractivity contribution in [3.63, 3.8) is 0 Å². The molecule has 0 saturated carbocycles. The first-order chi connectivity index (χ1) is 63.8. The number of rotatable bonds is 33. The van der Waals surface area contributed by atoms with Crippen LogP contribution in [-0.4, -0.2) is 175 Å². The maximum absolute atomic E-state index is 12.4. The highest BCUT2D eigenvalue weighted by molar-refractivity contribution is 7.17. The van der Waals surface area contributed by atoms with Gasteiger partial charge in [-0.2, -0.15) is 0 Å². The predicted octanol–water partition coefficient (Wildman–Crippen LogP) is 27.0. The number of carbonyl (C=O) groups is 9. The molecule has 0 spiro atoms. The number of thiazole rings is 1. The fraction of sp³-hybridized carbons (Fsp3) is 0.456. The Morgan fingerprint density at radius 2 is 0.865 bits per heavy atom. The van der Waals surface area contributed by atoms with Crippen molar-refractivity contribution in [1.29, 1.82) is 0 Å². The van der Waals surface area contributed by atoms with Gasteiger partial charge >= 0.3 is 0 Å². The number of aromatic nitrogens is 1. The van der Waals surface area contributed by atoms with E-state index < -0.39 is 0 Å². The van der Waals surface area contributed by atoms with E-state index in [4.69, 9.17) is 24.7 Å². The van der Waals surface area contributed by atoms with Gasteiger partial charge < -0.3 is 44.3 Å². The van der Waals surface area contributed by atoms with Crippen molar-refractivity contribution in [3.8, 4) is 5.06 Å².